The summed E-state index contributed by atoms with van der Waals surface area (Å²) >= 11 is 0. The molecule has 0 unspecified atom stereocenters. The number of hydrogen-bond donors (Lipinski definition) is 0. The zero-order valence-electron chi connectivity index (χ0n) is 14.9. The van der Waals surface area contributed by atoms with Crippen molar-refractivity contribution in [2.45, 2.75) is 46.0 Å². The molecule has 0 heterocycles. The van der Waals surface area contributed by atoms with Gasteiger partial charge >= 0.3 is 0 Å². The topological polar surface area (TPSA) is 46.6 Å². The maximum absolute atomic E-state index is 12.5. The Morgan fingerprint density at radius 1 is 1.17 bits per heavy atom. The molecule has 1 amide bonds. The Kier molecular flexibility index (Phi) is 7.29. The largest absolute Gasteiger partial charge is 0.486 e. The summed E-state index contributed by atoms with van der Waals surface area (Å²) < 4.78 is 5.52. The van der Waals surface area contributed by atoms with Crippen LogP contribution in [0.1, 0.15) is 45.1 Å². The summed E-state index contributed by atoms with van der Waals surface area (Å²) in [5, 5.41) is 0. The predicted octanol–water partition coefficient (Wildman–Crippen LogP) is 3.48. The van der Waals surface area contributed by atoms with Crippen molar-refractivity contribution >= 4 is 12.2 Å². The summed E-state index contributed by atoms with van der Waals surface area (Å²) in [5.41, 5.74) is 1.16. The number of ether oxygens (including phenoxy) is 1. The van der Waals surface area contributed by atoms with E-state index in [0.717, 1.165) is 62.8 Å². The molecular weight excluding hydrogens is 302 g/mol. The summed E-state index contributed by atoms with van der Waals surface area (Å²) in [6, 6.07) is 7.95. The first-order chi connectivity index (χ1) is 11.7. The lowest BCUT2D eigenvalue weighted by Crippen LogP contribution is -2.37. The first-order valence-corrected chi connectivity index (χ1v) is 9.12. The summed E-state index contributed by atoms with van der Waals surface area (Å²) in [7, 11) is 0. The zero-order valence-corrected chi connectivity index (χ0v) is 14.9. The van der Waals surface area contributed by atoms with Crippen LogP contribution in [0.3, 0.4) is 0 Å². The molecule has 1 fully saturated rings. The van der Waals surface area contributed by atoms with Crippen molar-refractivity contribution < 1.29 is 14.3 Å². The second kappa shape index (κ2) is 9.45. The van der Waals surface area contributed by atoms with Gasteiger partial charge in [0.15, 0.2) is 6.29 Å². The molecule has 1 aromatic rings. The molecule has 4 nitrogen and oxygen atoms in total. The Bertz CT molecular complexity index is 531. The molecular formula is C20H29NO3. The number of amides is 1. The minimum Gasteiger partial charge on any atom is -0.486 e. The number of aldehydes is 1. The molecule has 2 rings (SSSR count). The molecule has 24 heavy (non-hydrogen) atoms. The quantitative estimate of drug-likeness (QED) is 0.685. The number of benzene rings is 1. The Balaban J connectivity index is 1.89. The van der Waals surface area contributed by atoms with E-state index in [2.05, 4.69) is 6.07 Å². The molecule has 0 bridgehead atoms. The fourth-order valence-electron chi connectivity index (χ4n) is 3.66. The third-order valence-corrected chi connectivity index (χ3v) is 5.06. The predicted molar refractivity (Wildman–Crippen MR) is 95.1 cm³/mol. The van der Waals surface area contributed by atoms with Gasteiger partial charge in [-0.25, -0.2) is 0 Å². The normalized spacial score (nSPS) is 20.4. The van der Waals surface area contributed by atoms with Crippen LogP contribution in [0.15, 0.2) is 24.3 Å². The molecule has 0 aliphatic heterocycles. The van der Waals surface area contributed by atoms with Crippen LogP contribution in [0.2, 0.25) is 0 Å². The molecule has 4 heteroatoms. The highest BCUT2D eigenvalue weighted by molar-refractivity contribution is 5.78. The first-order valence-electron chi connectivity index (χ1n) is 9.12. The van der Waals surface area contributed by atoms with Crippen LogP contribution in [-0.2, 0) is 16.0 Å². The average molecular weight is 331 g/mol. The van der Waals surface area contributed by atoms with Gasteiger partial charge in [-0.05, 0) is 63.5 Å². The lowest BCUT2D eigenvalue weighted by atomic mass is 9.78. The van der Waals surface area contributed by atoms with Gasteiger partial charge in [-0.1, -0.05) is 18.2 Å². The highest BCUT2D eigenvalue weighted by Crippen LogP contribution is 2.34. The molecule has 0 radical (unpaired) electrons. The molecule has 1 aliphatic rings. The second-order valence-corrected chi connectivity index (χ2v) is 6.52. The van der Waals surface area contributed by atoms with E-state index < -0.39 is 0 Å². The summed E-state index contributed by atoms with van der Waals surface area (Å²) in [6.45, 7) is 5.79. The van der Waals surface area contributed by atoms with Crippen LogP contribution < -0.4 is 4.74 Å². The van der Waals surface area contributed by atoms with Gasteiger partial charge in [0, 0.05) is 19.0 Å². The Labute approximate surface area is 145 Å². The second-order valence-electron chi connectivity index (χ2n) is 6.52. The third-order valence-electron chi connectivity index (χ3n) is 5.06. The maximum atomic E-state index is 12.5. The standard InChI is InChI=1S/C20H29NO3/c1-3-21(4-2)20(23)17-11-9-16(10-12-17)15-18-7-5-6-8-19(18)24-14-13-22/h5-8,13,16-17H,3-4,9-12,14-15H2,1-2H3. The van der Waals surface area contributed by atoms with E-state index in [0.29, 0.717) is 11.8 Å². The molecule has 1 saturated carbocycles. The van der Waals surface area contributed by atoms with E-state index in [-0.39, 0.29) is 12.5 Å². The van der Waals surface area contributed by atoms with Crippen molar-refractivity contribution in [1.29, 1.82) is 0 Å². The van der Waals surface area contributed by atoms with E-state index in [1.54, 1.807) is 0 Å². The fraction of sp³-hybridized carbons (Fsp3) is 0.600. The van der Waals surface area contributed by atoms with Crippen LogP contribution >= 0.6 is 0 Å². The van der Waals surface area contributed by atoms with Gasteiger partial charge in [-0.3, -0.25) is 9.59 Å². The van der Waals surface area contributed by atoms with Gasteiger partial charge < -0.3 is 9.64 Å². The third kappa shape index (κ3) is 4.83. The van der Waals surface area contributed by atoms with E-state index in [1.807, 2.05) is 36.9 Å². The lowest BCUT2D eigenvalue weighted by molar-refractivity contribution is -0.136. The number of carbonyl (C=O) groups excluding carboxylic acids is 2. The van der Waals surface area contributed by atoms with Crippen molar-refractivity contribution in [2.24, 2.45) is 11.8 Å². The maximum Gasteiger partial charge on any atom is 0.225 e. The average Bonchev–Trinajstić information content (AvgIpc) is 2.62. The van der Waals surface area contributed by atoms with Crippen molar-refractivity contribution in [3.05, 3.63) is 29.8 Å². The highest BCUT2D eigenvalue weighted by atomic mass is 16.5. The number of carbonyl (C=O) groups is 2. The SMILES string of the molecule is CCN(CC)C(=O)C1CCC(Cc2ccccc2OCC=O)CC1. The minimum atomic E-state index is 0.0993. The van der Waals surface area contributed by atoms with Gasteiger partial charge in [0.2, 0.25) is 5.91 Å². The van der Waals surface area contributed by atoms with Gasteiger partial charge in [-0.15, -0.1) is 0 Å². The van der Waals surface area contributed by atoms with Crippen LogP contribution in [0.25, 0.3) is 0 Å². The van der Waals surface area contributed by atoms with Crippen LogP contribution in [0, 0.1) is 11.8 Å². The smallest absolute Gasteiger partial charge is 0.225 e. The fourth-order valence-corrected chi connectivity index (χ4v) is 3.66. The molecule has 132 valence electrons. The van der Waals surface area contributed by atoms with E-state index in [9.17, 15) is 9.59 Å². The van der Waals surface area contributed by atoms with Crippen molar-refractivity contribution in [1.82, 2.24) is 4.90 Å². The van der Waals surface area contributed by atoms with Crippen LogP contribution in [0.5, 0.6) is 5.75 Å². The van der Waals surface area contributed by atoms with Crippen molar-refractivity contribution in [3.8, 4) is 5.75 Å². The zero-order chi connectivity index (χ0) is 17.4. The summed E-state index contributed by atoms with van der Waals surface area (Å²) in [4.78, 5) is 24.9. The van der Waals surface area contributed by atoms with Crippen LogP contribution in [0.4, 0.5) is 0 Å². The first kappa shape index (κ1) is 18.5. The Hall–Kier alpha value is -1.84. The van der Waals surface area contributed by atoms with Gasteiger partial charge in [0.1, 0.15) is 12.4 Å². The van der Waals surface area contributed by atoms with Crippen molar-refractivity contribution in [3.63, 3.8) is 0 Å². The highest BCUT2D eigenvalue weighted by Gasteiger charge is 2.28. The molecule has 1 aliphatic carbocycles. The number of para-hydroxylation sites is 1. The molecule has 0 atom stereocenters. The molecule has 0 spiro atoms. The van der Waals surface area contributed by atoms with E-state index in [4.69, 9.17) is 4.74 Å². The van der Waals surface area contributed by atoms with Gasteiger partial charge in [-0.2, -0.15) is 0 Å². The molecule has 1 aromatic carbocycles. The number of nitrogens with zero attached hydrogens (tertiary/aromatic N) is 1. The van der Waals surface area contributed by atoms with Crippen LogP contribution in [-0.4, -0.2) is 36.8 Å². The summed E-state index contributed by atoms with van der Waals surface area (Å²) in [5.74, 6) is 1.92. The monoisotopic (exact) mass is 331 g/mol. The Morgan fingerprint density at radius 2 is 1.83 bits per heavy atom. The van der Waals surface area contributed by atoms with E-state index in [1.165, 1.54) is 0 Å². The number of rotatable bonds is 8. The number of hydrogen-bond acceptors (Lipinski definition) is 3. The van der Waals surface area contributed by atoms with Gasteiger partial charge in [0.05, 0.1) is 0 Å². The molecule has 0 aromatic heterocycles. The van der Waals surface area contributed by atoms with Gasteiger partial charge in [0.25, 0.3) is 0 Å². The molecule has 0 saturated heterocycles. The summed E-state index contributed by atoms with van der Waals surface area (Å²) in [6.07, 6.45) is 5.87. The Morgan fingerprint density at radius 3 is 2.46 bits per heavy atom. The van der Waals surface area contributed by atoms with Crippen molar-refractivity contribution in [2.75, 3.05) is 19.7 Å². The molecule has 0 N–H and O–H groups in total. The minimum absolute atomic E-state index is 0.0993. The lowest BCUT2D eigenvalue weighted by Gasteiger charge is -2.31. The van der Waals surface area contributed by atoms with E-state index >= 15 is 0 Å².